The lowest BCUT2D eigenvalue weighted by atomic mass is 10.1. The van der Waals surface area contributed by atoms with E-state index < -0.39 is 9.84 Å². The minimum absolute atomic E-state index is 0.0666. The SMILES string of the molecule is CC(C)CN(C(=O)CSc1nc2ccccc2o1)C1CCS(=O)(=O)C1. The van der Waals surface area contributed by atoms with Crippen LogP contribution in [0.1, 0.15) is 20.3 Å². The number of nitrogens with zero attached hydrogens (tertiary/aromatic N) is 2. The first kappa shape index (κ1) is 18.3. The van der Waals surface area contributed by atoms with Gasteiger partial charge in [0.25, 0.3) is 5.22 Å². The maximum absolute atomic E-state index is 12.7. The van der Waals surface area contributed by atoms with Crippen molar-refractivity contribution in [2.24, 2.45) is 5.92 Å². The molecule has 0 N–H and O–H groups in total. The third-order valence-electron chi connectivity index (χ3n) is 4.12. The van der Waals surface area contributed by atoms with Crippen molar-refractivity contribution in [2.45, 2.75) is 31.5 Å². The second-order valence-corrected chi connectivity index (χ2v) is 9.89. The van der Waals surface area contributed by atoms with Crippen LogP contribution in [-0.4, -0.2) is 54.1 Å². The molecule has 1 aromatic heterocycles. The number of benzene rings is 1. The molecule has 1 aliphatic heterocycles. The van der Waals surface area contributed by atoms with Gasteiger partial charge in [0, 0.05) is 12.6 Å². The molecule has 2 aromatic rings. The van der Waals surface area contributed by atoms with E-state index in [4.69, 9.17) is 4.42 Å². The van der Waals surface area contributed by atoms with Crippen LogP contribution in [0.4, 0.5) is 0 Å². The largest absolute Gasteiger partial charge is 0.431 e. The highest BCUT2D eigenvalue weighted by Crippen LogP contribution is 2.25. The monoisotopic (exact) mass is 382 g/mol. The summed E-state index contributed by atoms with van der Waals surface area (Å²) in [7, 11) is -3.03. The van der Waals surface area contributed by atoms with E-state index in [0.717, 1.165) is 5.52 Å². The summed E-state index contributed by atoms with van der Waals surface area (Å²) in [5.41, 5.74) is 1.46. The molecule has 25 heavy (non-hydrogen) atoms. The van der Waals surface area contributed by atoms with E-state index in [9.17, 15) is 13.2 Å². The summed E-state index contributed by atoms with van der Waals surface area (Å²) in [5.74, 6) is 0.636. The Morgan fingerprint density at radius 2 is 2.16 bits per heavy atom. The average molecular weight is 383 g/mol. The van der Waals surface area contributed by atoms with Crippen molar-refractivity contribution in [2.75, 3.05) is 23.8 Å². The highest BCUT2D eigenvalue weighted by molar-refractivity contribution is 7.99. The van der Waals surface area contributed by atoms with E-state index in [1.807, 2.05) is 38.1 Å². The Labute approximate surface area is 151 Å². The molecule has 0 radical (unpaired) electrons. The van der Waals surface area contributed by atoms with Crippen molar-refractivity contribution < 1.29 is 17.6 Å². The Hall–Kier alpha value is -1.54. The molecular formula is C17H22N2O4S2. The van der Waals surface area contributed by atoms with Crippen LogP contribution in [0.3, 0.4) is 0 Å². The predicted octanol–water partition coefficient (Wildman–Crippen LogP) is 2.59. The van der Waals surface area contributed by atoms with Gasteiger partial charge < -0.3 is 9.32 Å². The summed E-state index contributed by atoms with van der Waals surface area (Å²) in [4.78, 5) is 18.8. The maximum atomic E-state index is 12.7. The van der Waals surface area contributed by atoms with Crippen molar-refractivity contribution in [1.29, 1.82) is 0 Å². The standard InChI is InChI=1S/C17H22N2O4S2/c1-12(2)9-19(13-7-8-25(21,22)11-13)16(20)10-24-17-18-14-5-3-4-6-15(14)23-17/h3-6,12-13H,7-11H2,1-2H3. The Kier molecular flexibility index (Phi) is 5.38. The third-order valence-corrected chi connectivity index (χ3v) is 6.69. The van der Waals surface area contributed by atoms with Crippen LogP contribution in [0.25, 0.3) is 11.1 Å². The van der Waals surface area contributed by atoms with E-state index in [1.165, 1.54) is 11.8 Å². The fourth-order valence-corrected chi connectivity index (χ4v) is 5.44. The number of hydrogen-bond acceptors (Lipinski definition) is 6. The van der Waals surface area contributed by atoms with Crippen LogP contribution in [0, 0.1) is 5.92 Å². The second-order valence-electron chi connectivity index (χ2n) is 6.73. The van der Waals surface area contributed by atoms with Gasteiger partial charge in [0.15, 0.2) is 15.4 Å². The molecule has 1 fully saturated rings. The van der Waals surface area contributed by atoms with Crippen molar-refractivity contribution in [3.8, 4) is 0 Å². The van der Waals surface area contributed by atoms with Gasteiger partial charge in [-0.1, -0.05) is 37.7 Å². The minimum Gasteiger partial charge on any atom is -0.431 e. The number of thioether (sulfide) groups is 1. The zero-order valence-corrected chi connectivity index (χ0v) is 16.0. The van der Waals surface area contributed by atoms with E-state index >= 15 is 0 Å². The quantitative estimate of drug-likeness (QED) is 0.715. The predicted molar refractivity (Wildman–Crippen MR) is 98.3 cm³/mol. The number of carbonyl (C=O) groups is 1. The average Bonchev–Trinajstić information content (AvgIpc) is 3.12. The number of aromatic nitrogens is 1. The van der Waals surface area contributed by atoms with Gasteiger partial charge in [0.1, 0.15) is 5.52 Å². The molecule has 1 saturated heterocycles. The Bertz CT molecular complexity index is 827. The lowest BCUT2D eigenvalue weighted by Crippen LogP contribution is -2.44. The topological polar surface area (TPSA) is 80.5 Å². The number of rotatable bonds is 6. The maximum Gasteiger partial charge on any atom is 0.257 e. The summed E-state index contributed by atoms with van der Waals surface area (Å²) in [6, 6.07) is 7.24. The highest BCUT2D eigenvalue weighted by atomic mass is 32.2. The van der Waals surface area contributed by atoms with Crippen molar-refractivity contribution in [3.05, 3.63) is 24.3 Å². The van der Waals surface area contributed by atoms with Gasteiger partial charge in [0.2, 0.25) is 5.91 Å². The molecule has 1 unspecified atom stereocenters. The molecule has 1 amide bonds. The molecule has 0 spiro atoms. The third kappa shape index (κ3) is 4.55. The summed E-state index contributed by atoms with van der Waals surface area (Å²) in [6.07, 6.45) is 0.522. The fourth-order valence-electron chi connectivity index (χ4n) is 2.99. The fraction of sp³-hybridized carbons (Fsp3) is 0.529. The second kappa shape index (κ2) is 7.37. The van der Waals surface area contributed by atoms with Gasteiger partial charge in [0.05, 0.1) is 17.3 Å². The molecule has 3 rings (SSSR count). The van der Waals surface area contributed by atoms with Crippen molar-refractivity contribution in [3.63, 3.8) is 0 Å². The van der Waals surface area contributed by atoms with Crippen LogP contribution in [-0.2, 0) is 14.6 Å². The zero-order valence-electron chi connectivity index (χ0n) is 14.3. The summed E-state index contributed by atoms with van der Waals surface area (Å²) in [5, 5.41) is 0.457. The molecule has 1 atom stereocenters. The first-order chi connectivity index (χ1) is 11.8. The van der Waals surface area contributed by atoms with Crippen LogP contribution in [0.5, 0.6) is 0 Å². The van der Waals surface area contributed by atoms with Gasteiger partial charge in [-0.25, -0.2) is 13.4 Å². The minimum atomic E-state index is -3.03. The molecular weight excluding hydrogens is 360 g/mol. The Morgan fingerprint density at radius 1 is 1.40 bits per heavy atom. The lowest BCUT2D eigenvalue weighted by molar-refractivity contribution is -0.130. The van der Waals surface area contributed by atoms with E-state index in [2.05, 4.69) is 4.98 Å². The van der Waals surface area contributed by atoms with Gasteiger partial charge in [-0.2, -0.15) is 0 Å². The van der Waals surface area contributed by atoms with E-state index in [-0.39, 0.29) is 35.1 Å². The van der Waals surface area contributed by atoms with Crippen LogP contribution in [0.15, 0.2) is 33.9 Å². The van der Waals surface area contributed by atoms with E-state index in [0.29, 0.717) is 23.8 Å². The molecule has 1 aliphatic rings. The van der Waals surface area contributed by atoms with Crippen molar-refractivity contribution in [1.82, 2.24) is 9.88 Å². The Balaban J connectivity index is 1.67. The van der Waals surface area contributed by atoms with Crippen molar-refractivity contribution >= 4 is 38.6 Å². The van der Waals surface area contributed by atoms with Gasteiger partial charge >= 0.3 is 0 Å². The number of oxazole rings is 1. The number of amides is 1. The lowest BCUT2D eigenvalue weighted by Gasteiger charge is -2.29. The first-order valence-corrected chi connectivity index (χ1v) is 11.1. The number of carbonyl (C=O) groups excluding carboxylic acids is 1. The van der Waals surface area contributed by atoms with E-state index in [1.54, 1.807) is 4.90 Å². The van der Waals surface area contributed by atoms with Gasteiger partial charge in [-0.3, -0.25) is 4.79 Å². The summed E-state index contributed by atoms with van der Waals surface area (Å²) < 4.78 is 29.2. The number of sulfone groups is 1. The Morgan fingerprint density at radius 3 is 2.80 bits per heavy atom. The smallest absolute Gasteiger partial charge is 0.257 e. The molecule has 1 aromatic carbocycles. The zero-order chi connectivity index (χ0) is 18.0. The van der Waals surface area contributed by atoms with Gasteiger partial charge in [-0.05, 0) is 24.5 Å². The number of hydrogen-bond donors (Lipinski definition) is 0. The first-order valence-electron chi connectivity index (χ1n) is 8.32. The highest BCUT2D eigenvalue weighted by Gasteiger charge is 2.34. The molecule has 0 bridgehead atoms. The van der Waals surface area contributed by atoms with Crippen LogP contribution < -0.4 is 0 Å². The van der Waals surface area contributed by atoms with Crippen LogP contribution in [0.2, 0.25) is 0 Å². The molecule has 6 nitrogen and oxygen atoms in total. The molecule has 0 aliphatic carbocycles. The number of fused-ring (bicyclic) bond motifs is 1. The summed E-state index contributed by atoms with van der Waals surface area (Å²) >= 11 is 1.25. The van der Waals surface area contributed by atoms with Crippen LogP contribution >= 0.6 is 11.8 Å². The molecule has 136 valence electrons. The normalized spacial score (nSPS) is 19.6. The number of para-hydroxylation sites is 2. The molecule has 0 saturated carbocycles. The molecule has 2 heterocycles. The van der Waals surface area contributed by atoms with Gasteiger partial charge in [-0.15, -0.1) is 0 Å². The molecule has 8 heteroatoms. The summed E-state index contributed by atoms with van der Waals surface area (Å²) in [6.45, 7) is 4.61.